The van der Waals surface area contributed by atoms with Crippen LogP contribution in [-0.2, 0) is 4.43 Å². The van der Waals surface area contributed by atoms with Gasteiger partial charge in [-0.15, -0.1) is 6.58 Å². The highest BCUT2D eigenvalue weighted by Crippen LogP contribution is 2.20. The average Bonchev–Trinajstić information content (AvgIpc) is 2.70. The number of hydrogen-bond acceptors (Lipinski definition) is 1. The van der Waals surface area contributed by atoms with Crippen LogP contribution in [0.4, 0.5) is 0 Å². The first kappa shape index (κ1) is 21.0. The second kappa shape index (κ2) is 10.1. The molecule has 0 fully saturated rings. The van der Waals surface area contributed by atoms with Crippen molar-refractivity contribution >= 4 is 18.7 Å². The lowest BCUT2D eigenvalue weighted by atomic mass is 10.00. The highest BCUT2D eigenvalue weighted by Gasteiger charge is 2.39. The zero-order valence-electron chi connectivity index (χ0n) is 16.7. The van der Waals surface area contributed by atoms with E-state index in [1.807, 2.05) is 24.8 Å². The van der Waals surface area contributed by atoms with Crippen molar-refractivity contribution in [3.8, 4) is 11.8 Å². The van der Waals surface area contributed by atoms with Crippen molar-refractivity contribution in [1.29, 1.82) is 0 Å². The summed E-state index contributed by atoms with van der Waals surface area (Å²) in [5, 5.41) is 2.38. The Morgan fingerprint density at radius 1 is 1.07 bits per heavy atom. The van der Waals surface area contributed by atoms with E-state index in [0.29, 0.717) is 5.92 Å². The van der Waals surface area contributed by atoms with Gasteiger partial charge >= 0.3 is 0 Å². The SMILES string of the molecule is C=C[Si](OC(C#CC(=C)C)C(C)CCC)(c1ccccc1)c1ccccc1. The van der Waals surface area contributed by atoms with Gasteiger partial charge in [0.05, 0.1) is 0 Å². The lowest BCUT2D eigenvalue weighted by Crippen LogP contribution is -2.61. The fraction of sp³-hybridized carbons (Fsp3) is 0.280. The molecule has 1 nitrogen and oxygen atoms in total. The molecule has 2 atom stereocenters. The summed E-state index contributed by atoms with van der Waals surface area (Å²) in [6.45, 7) is 14.5. The van der Waals surface area contributed by atoms with Crippen LogP contribution in [0.15, 0.2) is 85.1 Å². The maximum atomic E-state index is 6.93. The van der Waals surface area contributed by atoms with Gasteiger partial charge in [0.25, 0.3) is 8.32 Å². The van der Waals surface area contributed by atoms with Crippen LogP contribution in [0.3, 0.4) is 0 Å². The fourth-order valence-corrected chi connectivity index (χ4v) is 6.49. The van der Waals surface area contributed by atoms with Crippen molar-refractivity contribution in [3.05, 3.63) is 85.1 Å². The van der Waals surface area contributed by atoms with E-state index in [4.69, 9.17) is 4.43 Å². The zero-order valence-corrected chi connectivity index (χ0v) is 17.7. The Morgan fingerprint density at radius 3 is 2.00 bits per heavy atom. The summed E-state index contributed by atoms with van der Waals surface area (Å²) in [6, 6.07) is 20.9. The van der Waals surface area contributed by atoms with Gasteiger partial charge < -0.3 is 4.43 Å². The van der Waals surface area contributed by atoms with Crippen molar-refractivity contribution in [2.45, 2.75) is 39.7 Å². The molecule has 140 valence electrons. The molecule has 0 aliphatic heterocycles. The summed E-state index contributed by atoms with van der Waals surface area (Å²) in [5.74, 6) is 6.84. The number of benzene rings is 2. The van der Waals surface area contributed by atoms with E-state index < -0.39 is 8.32 Å². The molecule has 0 saturated heterocycles. The molecular formula is C25H30OSi. The van der Waals surface area contributed by atoms with Crippen LogP contribution < -0.4 is 10.4 Å². The predicted molar refractivity (Wildman–Crippen MR) is 120 cm³/mol. The van der Waals surface area contributed by atoms with Gasteiger partial charge in [-0.1, -0.05) is 105 Å². The van der Waals surface area contributed by atoms with Gasteiger partial charge in [-0.3, -0.25) is 0 Å². The summed E-state index contributed by atoms with van der Waals surface area (Å²) in [7, 11) is -2.62. The normalized spacial score (nSPS) is 13.1. The van der Waals surface area contributed by atoms with Gasteiger partial charge in [-0.05, 0) is 35.2 Å². The molecule has 2 aromatic carbocycles. The molecule has 0 spiro atoms. The van der Waals surface area contributed by atoms with Crippen LogP contribution in [0.25, 0.3) is 0 Å². The van der Waals surface area contributed by atoms with Crippen molar-refractivity contribution in [2.75, 3.05) is 0 Å². The van der Waals surface area contributed by atoms with Crippen molar-refractivity contribution < 1.29 is 4.43 Å². The third-order valence-corrected chi connectivity index (χ3v) is 8.28. The molecule has 0 amide bonds. The largest absolute Gasteiger partial charge is 0.390 e. The lowest BCUT2D eigenvalue weighted by Gasteiger charge is -2.34. The molecule has 0 heterocycles. The van der Waals surface area contributed by atoms with Gasteiger partial charge in [-0.2, -0.15) is 0 Å². The maximum Gasteiger partial charge on any atom is 0.281 e. The highest BCUT2D eigenvalue weighted by molar-refractivity contribution is 7.01. The molecule has 0 bridgehead atoms. The monoisotopic (exact) mass is 374 g/mol. The van der Waals surface area contributed by atoms with Crippen LogP contribution in [0.1, 0.15) is 33.6 Å². The second-order valence-electron chi connectivity index (χ2n) is 7.03. The standard InChI is InChI=1S/C25H30OSi/c1-6-14-22(5)25(20-19-21(3)4)26-27(7-2,23-15-10-8-11-16-23)24-17-12-9-13-18-24/h7-13,15-18,22,25H,2-3,6,14H2,1,4-5H3. The molecule has 2 unspecified atom stereocenters. The van der Waals surface area contributed by atoms with E-state index in [1.54, 1.807) is 0 Å². The first-order chi connectivity index (χ1) is 13.0. The number of hydrogen-bond donors (Lipinski definition) is 0. The average molecular weight is 375 g/mol. The van der Waals surface area contributed by atoms with E-state index in [2.05, 4.69) is 87.4 Å². The van der Waals surface area contributed by atoms with E-state index >= 15 is 0 Å². The second-order valence-corrected chi connectivity index (χ2v) is 10.3. The lowest BCUT2D eigenvalue weighted by molar-refractivity contribution is 0.189. The Hall–Kier alpha value is -2.34. The number of rotatable bonds is 8. The van der Waals surface area contributed by atoms with Crippen LogP contribution >= 0.6 is 0 Å². The molecule has 2 heteroatoms. The molecule has 0 N–H and O–H groups in total. The van der Waals surface area contributed by atoms with Crippen LogP contribution in [0.5, 0.6) is 0 Å². The smallest absolute Gasteiger partial charge is 0.281 e. The third kappa shape index (κ3) is 5.32. The Morgan fingerprint density at radius 2 is 1.59 bits per heavy atom. The van der Waals surface area contributed by atoms with Crippen LogP contribution in [-0.4, -0.2) is 14.4 Å². The molecule has 0 aromatic heterocycles. The summed E-state index contributed by atoms with van der Waals surface area (Å²) in [4.78, 5) is 0. The zero-order chi connectivity index (χ0) is 19.7. The van der Waals surface area contributed by atoms with Crippen molar-refractivity contribution in [3.63, 3.8) is 0 Å². The first-order valence-electron chi connectivity index (χ1n) is 9.63. The van der Waals surface area contributed by atoms with Gasteiger partial charge in [0.2, 0.25) is 0 Å². The summed E-state index contributed by atoms with van der Waals surface area (Å²) >= 11 is 0. The summed E-state index contributed by atoms with van der Waals surface area (Å²) < 4.78 is 6.93. The summed E-state index contributed by atoms with van der Waals surface area (Å²) in [6.07, 6.45) is 2.02. The van der Waals surface area contributed by atoms with Gasteiger partial charge in [0, 0.05) is 0 Å². The van der Waals surface area contributed by atoms with E-state index in [-0.39, 0.29) is 6.10 Å². The Balaban J connectivity index is 2.56. The van der Waals surface area contributed by atoms with Crippen molar-refractivity contribution in [2.24, 2.45) is 5.92 Å². The molecule has 2 aromatic rings. The van der Waals surface area contributed by atoms with Crippen LogP contribution in [0, 0.1) is 17.8 Å². The Bertz CT molecular complexity index is 759. The van der Waals surface area contributed by atoms with E-state index in [1.165, 1.54) is 10.4 Å². The van der Waals surface area contributed by atoms with Gasteiger partial charge in [-0.25, -0.2) is 0 Å². The van der Waals surface area contributed by atoms with E-state index in [0.717, 1.165) is 18.4 Å². The van der Waals surface area contributed by atoms with Crippen molar-refractivity contribution in [1.82, 2.24) is 0 Å². The summed E-state index contributed by atoms with van der Waals surface area (Å²) in [5.41, 5.74) is 2.89. The minimum absolute atomic E-state index is 0.160. The van der Waals surface area contributed by atoms with Gasteiger partial charge in [0.15, 0.2) is 0 Å². The third-order valence-electron chi connectivity index (χ3n) is 4.69. The molecule has 0 aliphatic carbocycles. The minimum atomic E-state index is -2.62. The molecule has 0 saturated carbocycles. The van der Waals surface area contributed by atoms with E-state index in [9.17, 15) is 0 Å². The highest BCUT2D eigenvalue weighted by atomic mass is 28.4. The van der Waals surface area contributed by atoms with Crippen LogP contribution in [0.2, 0.25) is 0 Å². The molecule has 0 radical (unpaired) electrons. The minimum Gasteiger partial charge on any atom is -0.390 e. The molecule has 2 rings (SSSR count). The quantitative estimate of drug-likeness (QED) is 0.473. The Kier molecular flexibility index (Phi) is 7.85. The maximum absolute atomic E-state index is 6.93. The van der Waals surface area contributed by atoms with Gasteiger partial charge in [0.1, 0.15) is 6.10 Å². The predicted octanol–water partition coefficient (Wildman–Crippen LogP) is 4.87. The molecular weight excluding hydrogens is 344 g/mol. The Labute approximate surface area is 165 Å². The first-order valence-corrected chi connectivity index (χ1v) is 11.6. The topological polar surface area (TPSA) is 9.23 Å². The fourth-order valence-electron chi connectivity index (χ4n) is 3.25. The molecule has 0 aliphatic rings. The number of allylic oxidation sites excluding steroid dienone is 1. The molecule has 27 heavy (non-hydrogen) atoms.